The summed E-state index contributed by atoms with van der Waals surface area (Å²) in [6.45, 7) is 7.21. The van der Waals surface area contributed by atoms with Gasteiger partial charge in [-0.1, -0.05) is 13.0 Å². The van der Waals surface area contributed by atoms with Crippen molar-refractivity contribution < 1.29 is 0 Å². The van der Waals surface area contributed by atoms with E-state index in [0.29, 0.717) is 0 Å². The van der Waals surface area contributed by atoms with E-state index in [1.165, 1.54) is 16.8 Å². The fourth-order valence-electron chi connectivity index (χ4n) is 1.95. The molecule has 1 aromatic heterocycles. The Hall–Kier alpha value is -1.77. The summed E-state index contributed by atoms with van der Waals surface area (Å²) < 4.78 is 1.95. The fourth-order valence-corrected chi connectivity index (χ4v) is 1.95. The number of aryl methyl sites for hydroxylation is 4. The Morgan fingerprint density at radius 1 is 1.17 bits per heavy atom. The van der Waals surface area contributed by atoms with E-state index < -0.39 is 0 Å². The van der Waals surface area contributed by atoms with E-state index in [1.807, 2.05) is 11.7 Å². The number of nitrogens with one attached hydrogen (secondary N) is 1. The molecular formula is C15H21N3. The first-order chi connectivity index (χ1) is 8.60. The lowest BCUT2D eigenvalue weighted by Crippen LogP contribution is -2.05. The van der Waals surface area contributed by atoms with E-state index in [9.17, 15) is 0 Å². The summed E-state index contributed by atoms with van der Waals surface area (Å²) in [7, 11) is 2.00. The van der Waals surface area contributed by atoms with Crippen molar-refractivity contribution in [2.75, 3.05) is 5.32 Å². The summed E-state index contributed by atoms with van der Waals surface area (Å²) in [6.07, 6.45) is 0.984. The molecule has 0 spiro atoms. The molecule has 0 aliphatic carbocycles. The molecule has 96 valence electrons. The highest BCUT2D eigenvalue weighted by molar-refractivity contribution is 5.48. The van der Waals surface area contributed by atoms with Gasteiger partial charge in [-0.25, -0.2) is 0 Å². The minimum absolute atomic E-state index is 0.812. The van der Waals surface area contributed by atoms with Crippen LogP contribution in [0.1, 0.15) is 29.4 Å². The van der Waals surface area contributed by atoms with Crippen molar-refractivity contribution in [1.29, 1.82) is 0 Å². The van der Waals surface area contributed by atoms with Crippen molar-refractivity contribution in [1.82, 2.24) is 9.78 Å². The Bertz CT molecular complexity index is 541. The maximum atomic E-state index is 4.45. The van der Waals surface area contributed by atoms with Crippen LogP contribution in [0.15, 0.2) is 24.3 Å². The highest BCUT2D eigenvalue weighted by Crippen LogP contribution is 2.15. The minimum Gasteiger partial charge on any atom is -0.379 e. The van der Waals surface area contributed by atoms with Gasteiger partial charge in [0, 0.05) is 12.7 Å². The van der Waals surface area contributed by atoms with Crippen LogP contribution in [0.2, 0.25) is 0 Å². The molecule has 18 heavy (non-hydrogen) atoms. The molecule has 2 aromatic rings. The van der Waals surface area contributed by atoms with E-state index in [-0.39, 0.29) is 0 Å². The highest BCUT2D eigenvalue weighted by Gasteiger charge is 2.03. The molecule has 0 amide bonds. The van der Waals surface area contributed by atoms with Gasteiger partial charge in [-0.3, -0.25) is 4.68 Å². The maximum Gasteiger partial charge on any atom is 0.0625 e. The van der Waals surface area contributed by atoms with E-state index in [2.05, 4.69) is 55.5 Å². The first-order valence-corrected chi connectivity index (χ1v) is 6.43. The first kappa shape index (κ1) is 12.7. The van der Waals surface area contributed by atoms with Crippen LogP contribution in [0.5, 0.6) is 0 Å². The number of nitrogens with zero attached hydrogens (tertiary/aromatic N) is 2. The predicted octanol–water partition coefficient (Wildman–Crippen LogP) is 3.21. The van der Waals surface area contributed by atoms with Crippen LogP contribution in [0.25, 0.3) is 0 Å². The Morgan fingerprint density at radius 2 is 1.94 bits per heavy atom. The van der Waals surface area contributed by atoms with Gasteiger partial charge in [0.15, 0.2) is 0 Å². The van der Waals surface area contributed by atoms with Crippen molar-refractivity contribution in [3.8, 4) is 0 Å². The van der Waals surface area contributed by atoms with E-state index in [0.717, 1.165) is 24.3 Å². The van der Waals surface area contributed by atoms with Crippen LogP contribution in [0, 0.1) is 13.8 Å². The minimum atomic E-state index is 0.812. The van der Waals surface area contributed by atoms with Crippen molar-refractivity contribution >= 4 is 5.69 Å². The quantitative estimate of drug-likeness (QED) is 0.893. The Kier molecular flexibility index (Phi) is 3.70. The number of anilines is 1. The van der Waals surface area contributed by atoms with Crippen LogP contribution < -0.4 is 5.32 Å². The molecule has 3 nitrogen and oxygen atoms in total. The van der Waals surface area contributed by atoms with Crippen LogP contribution in [-0.2, 0) is 20.0 Å². The SMILES string of the molecule is CCc1cc(CNc2ccc(C)c(C)c2)n(C)n1. The van der Waals surface area contributed by atoms with E-state index in [1.54, 1.807) is 0 Å². The number of hydrogen-bond acceptors (Lipinski definition) is 2. The molecule has 1 heterocycles. The van der Waals surface area contributed by atoms with Crippen molar-refractivity contribution in [3.63, 3.8) is 0 Å². The summed E-state index contributed by atoms with van der Waals surface area (Å²) in [5.74, 6) is 0. The van der Waals surface area contributed by atoms with Crippen molar-refractivity contribution in [3.05, 3.63) is 46.8 Å². The Balaban J connectivity index is 2.06. The molecule has 0 aliphatic rings. The largest absolute Gasteiger partial charge is 0.379 e. The van der Waals surface area contributed by atoms with Gasteiger partial charge in [0.05, 0.1) is 17.9 Å². The summed E-state index contributed by atoms with van der Waals surface area (Å²) in [4.78, 5) is 0. The number of benzene rings is 1. The molecule has 0 aliphatic heterocycles. The highest BCUT2D eigenvalue weighted by atomic mass is 15.3. The number of hydrogen-bond donors (Lipinski definition) is 1. The summed E-state index contributed by atoms with van der Waals surface area (Å²) >= 11 is 0. The summed E-state index contributed by atoms with van der Waals surface area (Å²) in [5, 5.41) is 7.90. The zero-order chi connectivity index (χ0) is 13.1. The summed E-state index contributed by atoms with van der Waals surface area (Å²) in [5.41, 5.74) is 6.17. The molecule has 0 bridgehead atoms. The molecule has 0 unspecified atom stereocenters. The van der Waals surface area contributed by atoms with Gasteiger partial charge in [0.2, 0.25) is 0 Å². The summed E-state index contributed by atoms with van der Waals surface area (Å²) in [6, 6.07) is 8.62. The second kappa shape index (κ2) is 5.25. The number of rotatable bonds is 4. The average molecular weight is 243 g/mol. The molecule has 0 saturated heterocycles. The van der Waals surface area contributed by atoms with Gasteiger partial charge in [-0.2, -0.15) is 5.10 Å². The molecule has 0 fully saturated rings. The Labute approximate surface area is 109 Å². The Morgan fingerprint density at radius 3 is 2.56 bits per heavy atom. The van der Waals surface area contributed by atoms with Crippen molar-refractivity contribution in [2.45, 2.75) is 33.7 Å². The van der Waals surface area contributed by atoms with Crippen LogP contribution in [0.3, 0.4) is 0 Å². The maximum absolute atomic E-state index is 4.45. The molecule has 3 heteroatoms. The zero-order valence-corrected chi connectivity index (χ0v) is 11.6. The monoisotopic (exact) mass is 243 g/mol. The molecule has 0 saturated carbocycles. The van der Waals surface area contributed by atoms with Gasteiger partial charge in [0.1, 0.15) is 0 Å². The van der Waals surface area contributed by atoms with Crippen LogP contribution >= 0.6 is 0 Å². The molecule has 1 aromatic carbocycles. The smallest absolute Gasteiger partial charge is 0.0625 e. The van der Waals surface area contributed by atoms with E-state index >= 15 is 0 Å². The standard InChI is InChI=1S/C15H21N3/c1-5-13-9-15(18(4)17-13)10-16-14-7-6-11(2)12(3)8-14/h6-9,16H,5,10H2,1-4H3. The molecule has 0 radical (unpaired) electrons. The van der Waals surface area contributed by atoms with Crippen LogP contribution in [-0.4, -0.2) is 9.78 Å². The lowest BCUT2D eigenvalue weighted by Gasteiger charge is -2.08. The first-order valence-electron chi connectivity index (χ1n) is 6.43. The molecule has 1 N–H and O–H groups in total. The molecular weight excluding hydrogens is 222 g/mol. The lowest BCUT2D eigenvalue weighted by atomic mass is 10.1. The second-order valence-electron chi connectivity index (χ2n) is 4.76. The van der Waals surface area contributed by atoms with Gasteiger partial charge in [-0.15, -0.1) is 0 Å². The van der Waals surface area contributed by atoms with E-state index in [4.69, 9.17) is 0 Å². The third-order valence-corrected chi connectivity index (χ3v) is 3.37. The van der Waals surface area contributed by atoms with Gasteiger partial charge in [-0.05, 0) is 49.6 Å². The molecule has 2 rings (SSSR count). The van der Waals surface area contributed by atoms with Crippen LogP contribution in [0.4, 0.5) is 5.69 Å². The zero-order valence-electron chi connectivity index (χ0n) is 11.6. The predicted molar refractivity (Wildman–Crippen MR) is 75.8 cm³/mol. The van der Waals surface area contributed by atoms with Gasteiger partial charge < -0.3 is 5.32 Å². The molecule has 0 atom stereocenters. The average Bonchev–Trinajstić information content (AvgIpc) is 2.72. The third kappa shape index (κ3) is 2.73. The number of aromatic nitrogens is 2. The third-order valence-electron chi connectivity index (χ3n) is 3.37. The fraction of sp³-hybridized carbons (Fsp3) is 0.400. The van der Waals surface area contributed by atoms with Gasteiger partial charge >= 0.3 is 0 Å². The second-order valence-corrected chi connectivity index (χ2v) is 4.76. The van der Waals surface area contributed by atoms with Crippen molar-refractivity contribution in [2.24, 2.45) is 7.05 Å². The normalized spacial score (nSPS) is 10.7. The lowest BCUT2D eigenvalue weighted by molar-refractivity contribution is 0.707. The topological polar surface area (TPSA) is 29.9 Å². The van der Waals surface area contributed by atoms with Gasteiger partial charge in [0.25, 0.3) is 0 Å².